The number of halogens is 3. The van der Waals surface area contributed by atoms with E-state index in [-0.39, 0.29) is 17.3 Å². The van der Waals surface area contributed by atoms with Gasteiger partial charge in [0, 0.05) is 23.7 Å². The fourth-order valence-electron chi connectivity index (χ4n) is 2.10. The first kappa shape index (κ1) is 13.0. The van der Waals surface area contributed by atoms with E-state index in [1.807, 2.05) is 6.92 Å². The highest BCUT2D eigenvalue weighted by Crippen LogP contribution is 2.35. The molecule has 17 heavy (non-hydrogen) atoms. The molecule has 1 nitrogen and oxygen atoms in total. The first-order valence-electron chi connectivity index (χ1n) is 5.63. The van der Waals surface area contributed by atoms with Crippen LogP contribution in [-0.4, -0.2) is 17.9 Å². The predicted molar refractivity (Wildman–Crippen MR) is 68.7 cm³/mol. The van der Waals surface area contributed by atoms with Crippen molar-refractivity contribution in [3.63, 3.8) is 0 Å². The summed E-state index contributed by atoms with van der Waals surface area (Å²) in [5.41, 5.74) is 0.801. The predicted octanol–water partition coefficient (Wildman–Crippen LogP) is 4.00. The SMILES string of the molecule is CC(CCl)(CCl)CC1Cc2cc(F)ccc2O1. The Morgan fingerprint density at radius 1 is 1.41 bits per heavy atom. The van der Waals surface area contributed by atoms with Crippen molar-refractivity contribution in [2.24, 2.45) is 5.41 Å². The maximum Gasteiger partial charge on any atom is 0.123 e. The highest BCUT2D eigenvalue weighted by molar-refractivity contribution is 6.21. The lowest BCUT2D eigenvalue weighted by Crippen LogP contribution is -2.29. The van der Waals surface area contributed by atoms with Gasteiger partial charge in [-0.05, 0) is 30.0 Å². The molecule has 1 unspecified atom stereocenters. The van der Waals surface area contributed by atoms with Crippen LogP contribution in [-0.2, 0) is 6.42 Å². The zero-order valence-electron chi connectivity index (χ0n) is 9.68. The van der Waals surface area contributed by atoms with Crippen molar-refractivity contribution >= 4 is 23.2 Å². The Balaban J connectivity index is 2.05. The Hall–Kier alpha value is -0.470. The quantitative estimate of drug-likeness (QED) is 0.756. The fraction of sp³-hybridized carbons (Fsp3) is 0.538. The number of fused-ring (bicyclic) bond motifs is 1. The first-order valence-corrected chi connectivity index (χ1v) is 6.70. The standard InChI is InChI=1S/C13H15Cl2FO/c1-13(7-14,8-15)6-11-5-9-4-10(16)2-3-12(9)17-11/h2-4,11H,5-8H2,1H3. The van der Waals surface area contributed by atoms with Crippen LogP contribution in [0.5, 0.6) is 5.75 Å². The van der Waals surface area contributed by atoms with Gasteiger partial charge in [0.1, 0.15) is 17.7 Å². The summed E-state index contributed by atoms with van der Waals surface area (Å²) >= 11 is 11.8. The van der Waals surface area contributed by atoms with E-state index in [0.717, 1.165) is 24.2 Å². The number of alkyl halides is 2. The van der Waals surface area contributed by atoms with Crippen LogP contribution in [0.25, 0.3) is 0 Å². The van der Waals surface area contributed by atoms with E-state index in [1.165, 1.54) is 12.1 Å². The van der Waals surface area contributed by atoms with Crippen LogP contribution in [0.1, 0.15) is 18.9 Å². The normalized spacial score (nSPS) is 18.9. The minimum atomic E-state index is -0.217. The number of benzene rings is 1. The van der Waals surface area contributed by atoms with Gasteiger partial charge in [0.05, 0.1) is 0 Å². The van der Waals surface area contributed by atoms with Gasteiger partial charge in [-0.15, -0.1) is 23.2 Å². The molecule has 1 aromatic rings. The molecule has 1 aliphatic heterocycles. The van der Waals surface area contributed by atoms with Crippen molar-refractivity contribution in [1.82, 2.24) is 0 Å². The second-order valence-electron chi connectivity index (χ2n) is 4.98. The van der Waals surface area contributed by atoms with Crippen molar-refractivity contribution in [3.05, 3.63) is 29.6 Å². The molecular weight excluding hydrogens is 262 g/mol. The largest absolute Gasteiger partial charge is 0.490 e. The highest BCUT2D eigenvalue weighted by Gasteiger charge is 2.31. The molecule has 0 saturated carbocycles. The van der Waals surface area contributed by atoms with E-state index in [4.69, 9.17) is 27.9 Å². The molecule has 0 aliphatic carbocycles. The number of rotatable bonds is 4. The third-order valence-electron chi connectivity index (χ3n) is 3.13. The van der Waals surface area contributed by atoms with Gasteiger partial charge in [0.25, 0.3) is 0 Å². The topological polar surface area (TPSA) is 9.23 Å². The molecular formula is C13H15Cl2FO. The van der Waals surface area contributed by atoms with Crippen molar-refractivity contribution in [2.75, 3.05) is 11.8 Å². The molecule has 0 fully saturated rings. The van der Waals surface area contributed by atoms with Crippen LogP contribution in [0.2, 0.25) is 0 Å². The Morgan fingerprint density at radius 2 is 2.12 bits per heavy atom. The van der Waals surface area contributed by atoms with Crippen molar-refractivity contribution < 1.29 is 9.13 Å². The third kappa shape index (κ3) is 2.86. The van der Waals surface area contributed by atoms with Gasteiger partial charge in [0.2, 0.25) is 0 Å². The molecule has 2 rings (SSSR count). The van der Waals surface area contributed by atoms with Crippen LogP contribution in [0.3, 0.4) is 0 Å². The molecule has 0 spiro atoms. The van der Waals surface area contributed by atoms with E-state index in [1.54, 1.807) is 6.07 Å². The van der Waals surface area contributed by atoms with Crippen LogP contribution in [0.15, 0.2) is 18.2 Å². The number of hydrogen-bond donors (Lipinski definition) is 0. The molecule has 94 valence electrons. The molecule has 0 amide bonds. The lowest BCUT2D eigenvalue weighted by atomic mass is 9.87. The Bertz CT molecular complexity index is 404. The van der Waals surface area contributed by atoms with Gasteiger partial charge in [0.15, 0.2) is 0 Å². The minimum Gasteiger partial charge on any atom is -0.490 e. The zero-order chi connectivity index (χ0) is 12.5. The summed E-state index contributed by atoms with van der Waals surface area (Å²) in [4.78, 5) is 0. The summed E-state index contributed by atoms with van der Waals surface area (Å²) in [6.45, 7) is 2.04. The van der Waals surface area contributed by atoms with Crippen molar-refractivity contribution in [2.45, 2.75) is 25.9 Å². The average Bonchev–Trinajstić information content (AvgIpc) is 2.70. The molecule has 1 aromatic carbocycles. The third-order valence-corrected chi connectivity index (χ3v) is 4.42. The van der Waals surface area contributed by atoms with E-state index in [9.17, 15) is 4.39 Å². The molecule has 4 heteroatoms. The monoisotopic (exact) mass is 276 g/mol. The second kappa shape index (κ2) is 5.03. The summed E-state index contributed by atoms with van der Waals surface area (Å²) in [6.07, 6.45) is 1.57. The first-order chi connectivity index (χ1) is 8.06. The molecule has 0 N–H and O–H groups in total. The maximum absolute atomic E-state index is 13.1. The summed E-state index contributed by atoms with van der Waals surface area (Å²) in [6, 6.07) is 4.64. The van der Waals surface area contributed by atoms with E-state index in [2.05, 4.69) is 0 Å². The summed E-state index contributed by atoms with van der Waals surface area (Å²) in [5, 5.41) is 0. The Kier molecular flexibility index (Phi) is 3.84. The summed E-state index contributed by atoms with van der Waals surface area (Å²) in [5.74, 6) is 1.57. The molecule has 0 aromatic heterocycles. The highest BCUT2D eigenvalue weighted by atomic mass is 35.5. The van der Waals surface area contributed by atoms with E-state index in [0.29, 0.717) is 11.8 Å². The van der Waals surface area contributed by atoms with Crippen LogP contribution >= 0.6 is 23.2 Å². The molecule has 0 bridgehead atoms. The van der Waals surface area contributed by atoms with Crippen LogP contribution in [0, 0.1) is 11.2 Å². The van der Waals surface area contributed by atoms with Gasteiger partial charge in [-0.3, -0.25) is 0 Å². The number of ether oxygens (including phenoxy) is 1. The second-order valence-corrected chi connectivity index (χ2v) is 5.51. The van der Waals surface area contributed by atoms with Gasteiger partial charge >= 0.3 is 0 Å². The van der Waals surface area contributed by atoms with Gasteiger partial charge in [-0.2, -0.15) is 0 Å². The molecule has 1 aliphatic rings. The summed E-state index contributed by atoms with van der Waals surface area (Å²) in [7, 11) is 0. The van der Waals surface area contributed by atoms with Gasteiger partial charge in [-0.1, -0.05) is 6.92 Å². The van der Waals surface area contributed by atoms with Gasteiger partial charge in [-0.25, -0.2) is 4.39 Å². The maximum atomic E-state index is 13.1. The Morgan fingerprint density at radius 3 is 2.76 bits per heavy atom. The molecule has 0 saturated heterocycles. The molecule has 1 heterocycles. The van der Waals surface area contributed by atoms with Crippen molar-refractivity contribution in [1.29, 1.82) is 0 Å². The van der Waals surface area contributed by atoms with E-state index >= 15 is 0 Å². The van der Waals surface area contributed by atoms with E-state index < -0.39 is 0 Å². The number of hydrogen-bond acceptors (Lipinski definition) is 1. The lowest BCUT2D eigenvalue weighted by molar-refractivity contribution is 0.170. The summed E-state index contributed by atoms with van der Waals surface area (Å²) < 4.78 is 18.8. The lowest BCUT2D eigenvalue weighted by Gasteiger charge is -2.27. The van der Waals surface area contributed by atoms with Crippen LogP contribution < -0.4 is 4.74 Å². The Labute approximate surface area is 111 Å². The van der Waals surface area contributed by atoms with Crippen molar-refractivity contribution in [3.8, 4) is 5.75 Å². The average molecular weight is 277 g/mol. The smallest absolute Gasteiger partial charge is 0.123 e. The molecule has 1 atom stereocenters. The fourth-order valence-corrected chi connectivity index (χ4v) is 2.60. The minimum absolute atomic E-state index is 0.0503. The zero-order valence-corrected chi connectivity index (χ0v) is 11.2. The van der Waals surface area contributed by atoms with Gasteiger partial charge < -0.3 is 4.74 Å². The van der Waals surface area contributed by atoms with Crippen LogP contribution in [0.4, 0.5) is 4.39 Å². The molecule has 0 radical (unpaired) electrons.